The lowest BCUT2D eigenvalue weighted by atomic mass is 10.0. The summed E-state index contributed by atoms with van der Waals surface area (Å²) in [4.78, 5) is 20.1. The lowest BCUT2D eigenvalue weighted by molar-refractivity contribution is 0.0296. The second-order valence-electron chi connectivity index (χ2n) is 6.94. The van der Waals surface area contributed by atoms with E-state index < -0.39 is 15.1 Å². The standard InChI is InChI=1S/C16H24N2O4S2/c1-10(2)8-12-15(23-11(3)17-12)16(19)18-5-7-24(20,21)14-9-22-6-4-13(14)18/h10,13-14H,4-9H2,1-3H3. The van der Waals surface area contributed by atoms with Crippen molar-refractivity contribution in [3.8, 4) is 0 Å². The minimum Gasteiger partial charge on any atom is -0.380 e. The van der Waals surface area contributed by atoms with Crippen LogP contribution in [-0.2, 0) is 21.0 Å². The van der Waals surface area contributed by atoms with E-state index in [9.17, 15) is 13.2 Å². The molecule has 2 unspecified atom stereocenters. The number of rotatable bonds is 3. The average molecular weight is 373 g/mol. The van der Waals surface area contributed by atoms with Gasteiger partial charge in [0.05, 0.1) is 29.1 Å². The summed E-state index contributed by atoms with van der Waals surface area (Å²) in [5, 5.41) is 0.286. The third-order valence-electron chi connectivity index (χ3n) is 4.61. The predicted octanol–water partition coefficient (Wildman–Crippen LogP) is 1.68. The van der Waals surface area contributed by atoms with Gasteiger partial charge in [-0.25, -0.2) is 13.4 Å². The fourth-order valence-electron chi connectivity index (χ4n) is 3.49. The van der Waals surface area contributed by atoms with E-state index in [1.165, 1.54) is 11.3 Å². The molecule has 2 saturated heterocycles. The predicted molar refractivity (Wildman–Crippen MR) is 93.2 cm³/mol. The van der Waals surface area contributed by atoms with Crippen molar-refractivity contribution in [1.82, 2.24) is 9.88 Å². The van der Waals surface area contributed by atoms with Crippen molar-refractivity contribution in [1.29, 1.82) is 0 Å². The van der Waals surface area contributed by atoms with Crippen molar-refractivity contribution in [2.75, 3.05) is 25.5 Å². The summed E-state index contributed by atoms with van der Waals surface area (Å²) < 4.78 is 30.0. The van der Waals surface area contributed by atoms with E-state index in [-0.39, 0.29) is 30.9 Å². The summed E-state index contributed by atoms with van der Waals surface area (Å²) >= 11 is 1.41. The van der Waals surface area contributed by atoms with E-state index in [2.05, 4.69) is 18.8 Å². The Morgan fingerprint density at radius 3 is 2.92 bits per heavy atom. The Morgan fingerprint density at radius 1 is 1.46 bits per heavy atom. The van der Waals surface area contributed by atoms with Crippen molar-refractivity contribution >= 4 is 27.1 Å². The molecule has 0 bridgehead atoms. The molecule has 3 heterocycles. The van der Waals surface area contributed by atoms with Crippen molar-refractivity contribution in [3.63, 3.8) is 0 Å². The Kier molecular flexibility index (Phi) is 4.99. The molecule has 2 aliphatic heterocycles. The fraction of sp³-hybridized carbons (Fsp3) is 0.750. The lowest BCUT2D eigenvalue weighted by Crippen LogP contribution is -2.60. The summed E-state index contributed by atoms with van der Waals surface area (Å²) in [5.41, 5.74) is 0.842. The molecule has 2 aliphatic rings. The van der Waals surface area contributed by atoms with Gasteiger partial charge in [-0.1, -0.05) is 13.8 Å². The highest BCUT2D eigenvalue weighted by molar-refractivity contribution is 7.92. The molecule has 3 rings (SSSR count). The second kappa shape index (κ2) is 6.72. The van der Waals surface area contributed by atoms with Gasteiger partial charge in [-0.05, 0) is 25.7 Å². The van der Waals surface area contributed by atoms with E-state index in [0.717, 1.165) is 17.1 Å². The highest BCUT2D eigenvalue weighted by Gasteiger charge is 2.45. The normalized spacial score (nSPS) is 26.4. The van der Waals surface area contributed by atoms with E-state index in [0.29, 0.717) is 23.8 Å². The molecule has 1 amide bonds. The number of hydrogen-bond acceptors (Lipinski definition) is 6. The molecule has 0 aromatic carbocycles. The molecule has 0 spiro atoms. The summed E-state index contributed by atoms with van der Waals surface area (Å²) in [5.74, 6) is 0.360. The quantitative estimate of drug-likeness (QED) is 0.807. The van der Waals surface area contributed by atoms with Crippen LogP contribution in [0.4, 0.5) is 0 Å². The molecule has 0 aliphatic carbocycles. The van der Waals surface area contributed by atoms with Gasteiger partial charge in [0.25, 0.3) is 5.91 Å². The first-order valence-corrected chi connectivity index (χ1v) is 10.9. The number of carbonyl (C=O) groups excluding carboxylic acids is 1. The van der Waals surface area contributed by atoms with Crippen LogP contribution in [0.25, 0.3) is 0 Å². The van der Waals surface area contributed by atoms with Crippen molar-refractivity contribution in [3.05, 3.63) is 15.6 Å². The van der Waals surface area contributed by atoms with Crippen LogP contribution in [-0.4, -0.2) is 61.0 Å². The van der Waals surface area contributed by atoms with Crippen LogP contribution < -0.4 is 0 Å². The fourth-order valence-corrected chi connectivity index (χ4v) is 6.21. The first-order valence-electron chi connectivity index (χ1n) is 8.36. The SMILES string of the molecule is Cc1nc(CC(C)C)c(C(=O)N2CCS(=O)(=O)C3COCCC32)s1. The molecule has 8 heteroatoms. The first kappa shape index (κ1) is 17.8. The second-order valence-corrected chi connectivity index (χ2v) is 10.5. The topological polar surface area (TPSA) is 76.6 Å². The smallest absolute Gasteiger partial charge is 0.266 e. The monoisotopic (exact) mass is 372 g/mol. The maximum atomic E-state index is 13.1. The minimum atomic E-state index is -3.19. The van der Waals surface area contributed by atoms with Crippen LogP contribution in [0.2, 0.25) is 0 Å². The maximum absolute atomic E-state index is 13.1. The van der Waals surface area contributed by atoms with Crippen molar-refractivity contribution in [2.45, 2.75) is 44.9 Å². The molecule has 6 nitrogen and oxygen atoms in total. The van der Waals surface area contributed by atoms with E-state index in [1.807, 2.05) is 6.92 Å². The third kappa shape index (κ3) is 3.36. The molecule has 0 saturated carbocycles. The summed E-state index contributed by atoms with van der Waals surface area (Å²) in [6.45, 7) is 7.07. The number of ether oxygens (including phenoxy) is 1. The molecule has 0 N–H and O–H groups in total. The van der Waals surface area contributed by atoms with Crippen LogP contribution in [0.5, 0.6) is 0 Å². The van der Waals surface area contributed by atoms with Gasteiger partial charge in [-0.2, -0.15) is 0 Å². The van der Waals surface area contributed by atoms with Gasteiger partial charge in [0.2, 0.25) is 0 Å². The molecule has 24 heavy (non-hydrogen) atoms. The molecule has 134 valence electrons. The highest BCUT2D eigenvalue weighted by Crippen LogP contribution is 2.30. The largest absolute Gasteiger partial charge is 0.380 e. The number of aryl methyl sites for hydroxylation is 1. The summed E-state index contributed by atoms with van der Waals surface area (Å²) in [6, 6.07) is -0.278. The van der Waals surface area contributed by atoms with Gasteiger partial charge < -0.3 is 9.64 Å². The molecular weight excluding hydrogens is 348 g/mol. The Labute approximate surface area is 147 Å². The Morgan fingerprint density at radius 2 is 2.21 bits per heavy atom. The van der Waals surface area contributed by atoms with Crippen molar-refractivity contribution < 1.29 is 17.9 Å². The lowest BCUT2D eigenvalue weighted by Gasteiger charge is -2.43. The van der Waals surface area contributed by atoms with Crippen molar-refractivity contribution in [2.24, 2.45) is 5.92 Å². The molecular formula is C16H24N2O4S2. The van der Waals surface area contributed by atoms with Crippen LogP contribution in [0.1, 0.15) is 40.6 Å². The number of thiazole rings is 1. The molecule has 2 atom stereocenters. The molecule has 0 radical (unpaired) electrons. The molecule has 2 fully saturated rings. The van der Waals surface area contributed by atoms with Gasteiger partial charge in [-0.3, -0.25) is 4.79 Å². The zero-order valence-electron chi connectivity index (χ0n) is 14.3. The maximum Gasteiger partial charge on any atom is 0.266 e. The number of sulfone groups is 1. The number of aromatic nitrogens is 1. The number of fused-ring (bicyclic) bond motifs is 1. The number of nitrogens with zero attached hydrogens (tertiary/aromatic N) is 2. The van der Waals surface area contributed by atoms with Gasteiger partial charge in [0, 0.05) is 13.2 Å². The summed E-state index contributed by atoms with van der Waals surface area (Å²) in [6.07, 6.45) is 1.34. The zero-order chi connectivity index (χ0) is 17.5. The Balaban J connectivity index is 1.90. The van der Waals surface area contributed by atoms with E-state index >= 15 is 0 Å². The highest BCUT2D eigenvalue weighted by atomic mass is 32.2. The van der Waals surface area contributed by atoms with Crippen LogP contribution >= 0.6 is 11.3 Å². The van der Waals surface area contributed by atoms with Crippen LogP contribution in [0.15, 0.2) is 0 Å². The van der Waals surface area contributed by atoms with Gasteiger partial charge in [0.1, 0.15) is 10.1 Å². The average Bonchev–Trinajstić information content (AvgIpc) is 2.87. The van der Waals surface area contributed by atoms with E-state index in [4.69, 9.17) is 4.74 Å². The number of hydrogen-bond donors (Lipinski definition) is 0. The van der Waals surface area contributed by atoms with Gasteiger partial charge in [0.15, 0.2) is 9.84 Å². The van der Waals surface area contributed by atoms with Gasteiger partial charge >= 0.3 is 0 Å². The first-order chi connectivity index (χ1) is 11.3. The Hall–Kier alpha value is -0.990. The minimum absolute atomic E-state index is 0.0145. The zero-order valence-corrected chi connectivity index (χ0v) is 16.0. The Bertz CT molecular complexity index is 726. The number of carbonyl (C=O) groups is 1. The molecule has 1 aromatic heterocycles. The summed E-state index contributed by atoms with van der Waals surface area (Å²) in [7, 11) is -3.19. The van der Waals surface area contributed by atoms with Crippen LogP contribution in [0, 0.1) is 12.8 Å². The number of amides is 1. The van der Waals surface area contributed by atoms with Gasteiger partial charge in [-0.15, -0.1) is 11.3 Å². The molecule has 1 aromatic rings. The third-order valence-corrected chi connectivity index (χ3v) is 7.73. The van der Waals surface area contributed by atoms with E-state index in [1.54, 1.807) is 4.90 Å². The van der Waals surface area contributed by atoms with Crippen LogP contribution in [0.3, 0.4) is 0 Å².